The summed E-state index contributed by atoms with van der Waals surface area (Å²) < 4.78 is 27.8. The van der Waals surface area contributed by atoms with E-state index in [1.54, 1.807) is 7.05 Å². The van der Waals surface area contributed by atoms with Crippen LogP contribution in [0.25, 0.3) is 0 Å². The summed E-state index contributed by atoms with van der Waals surface area (Å²) in [5.74, 6) is 0. The van der Waals surface area contributed by atoms with Gasteiger partial charge in [0.15, 0.2) is 0 Å². The Labute approximate surface area is 101 Å². The molecule has 1 atom stereocenters. The van der Waals surface area contributed by atoms with Gasteiger partial charge < -0.3 is 5.73 Å². The van der Waals surface area contributed by atoms with E-state index in [0.29, 0.717) is 13.1 Å². The van der Waals surface area contributed by atoms with Gasteiger partial charge in [0, 0.05) is 32.4 Å². The van der Waals surface area contributed by atoms with Crippen molar-refractivity contribution in [2.24, 2.45) is 12.8 Å². The molecule has 1 aliphatic rings. The Morgan fingerprint density at radius 2 is 2.29 bits per heavy atom. The zero-order valence-electron chi connectivity index (χ0n) is 9.91. The predicted octanol–water partition coefficient (Wildman–Crippen LogP) is -0.0780. The molecule has 0 radical (unpaired) electrons. The van der Waals surface area contributed by atoms with Crippen molar-refractivity contribution < 1.29 is 8.42 Å². The first-order valence-electron chi connectivity index (χ1n) is 5.76. The minimum Gasteiger partial charge on any atom is -0.329 e. The van der Waals surface area contributed by atoms with Gasteiger partial charge >= 0.3 is 0 Å². The summed E-state index contributed by atoms with van der Waals surface area (Å²) in [5, 5.41) is 3.91. The van der Waals surface area contributed by atoms with Crippen molar-refractivity contribution in [1.29, 1.82) is 0 Å². The standard InChI is InChI=1S/C10H18N4O2S/c1-13-8-10(7-12-13)17(15,16)14-5-3-2-4-9(14)6-11/h7-9H,2-6,11H2,1H3. The van der Waals surface area contributed by atoms with E-state index in [1.807, 2.05) is 0 Å². The van der Waals surface area contributed by atoms with Crippen LogP contribution in [0.4, 0.5) is 0 Å². The Bertz CT molecular complexity index is 482. The molecular formula is C10H18N4O2S. The Kier molecular flexibility index (Phi) is 3.50. The first-order chi connectivity index (χ1) is 8.05. The van der Waals surface area contributed by atoms with Gasteiger partial charge in [0.1, 0.15) is 4.90 Å². The quantitative estimate of drug-likeness (QED) is 0.822. The molecule has 1 aromatic heterocycles. The molecule has 2 N–H and O–H groups in total. The van der Waals surface area contributed by atoms with Crippen LogP contribution in [0.3, 0.4) is 0 Å². The summed E-state index contributed by atoms with van der Waals surface area (Å²) in [5.41, 5.74) is 5.65. The van der Waals surface area contributed by atoms with Crippen LogP contribution in [0.15, 0.2) is 17.3 Å². The number of aryl methyl sites for hydroxylation is 1. The molecule has 0 saturated carbocycles. The highest BCUT2D eigenvalue weighted by atomic mass is 32.2. The number of hydrogen-bond acceptors (Lipinski definition) is 4. The number of nitrogens with zero attached hydrogens (tertiary/aromatic N) is 3. The van der Waals surface area contributed by atoms with E-state index in [4.69, 9.17) is 5.73 Å². The van der Waals surface area contributed by atoms with E-state index in [9.17, 15) is 8.42 Å². The third kappa shape index (κ3) is 2.36. The summed E-state index contributed by atoms with van der Waals surface area (Å²) in [7, 11) is -1.73. The fraction of sp³-hybridized carbons (Fsp3) is 0.700. The summed E-state index contributed by atoms with van der Waals surface area (Å²) in [4.78, 5) is 0.250. The molecule has 96 valence electrons. The largest absolute Gasteiger partial charge is 0.329 e. The smallest absolute Gasteiger partial charge is 0.246 e. The Morgan fingerprint density at radius 1 is 1.53 bits per heavy atom. The van der Waals surface area contributed by atoms with Crippen molar-refractivity contribution in [1.82, 2.24) is 14.1 Å². The van der Waals surface area contributed by atoms with Gasteiger partial charge in [-0.25, -0.2) is 8.42 Å². The van der Waals surface area contributed by atoms with Crippen molar-refractivity contribution in [2.45, 2.75) is 30.2 Å². The molecule has 17 heavy (non-hydrogen) atoms. The molecule has 1 aliphatic heterocycles. The molecule has 0 aromatic carbocycles. The second-order valence-corrected chi connectivity index (χ2v) is 6.24. The number of hydrogen-bond donors (Lipinski definition) is 1. The van der Waals surface area contributed by atoms with Crippen LogP contribution >= 0.6 is 0 Å². The molecular weight excluding hydrogens is 240 g/mol. The van der Waals surface area contributed by atoms with E-state index >= 15 is 0 Å². The zero-order chi connectivity index (χ0) is 12.5. The van der Waals surface area contributed by atoms with Gasteiger partial charge in [-0.05, 0) is 12.8 Å². The third-order valence-electron chi connectivity index (χ3n) is 3.13. The van der Waals surface area contributed by atoms with Gasteiger partial charge in [-0.3, -0.25) is 4.68 Å². The van der Waals surface area contributed by atoms with E-state index in [0.717, 1.165) is 19.3 Å². The highest BCUT2D eigenvalue weighted by molar-refractivity contribution is 7.89. The van der Waals surface area contributed by atoms with Crippen molar-refractivity contribution in [2.75, 3.05) is 13.1 Å². The molecule has 0 bridgehead atoms. The fourth-order valence-electron chi connectivity index (χ4n) is 2.19. The summed E-state index contributed by atoms with van der Waals surface area (Å²) in [6.45, 7) is 0.929. The van der Waals surface area contributed by atoms with Gasteiger partial charge in [-0.1, -0.05) is 6.42 Å². The number of sulfonamides is 1. The molecule has 2 heterocycles. The summed E-state index contributed by atoms with van der Waals surface area (Å²) >= 11 is 0. The normalized spacial score (nSPS) is 22.8. The number of nitrogens with two attached hydrogens (primary N) is 1. The van der Waals surface area contributed by atoms with Crippen LogP contribution in [0.5, 0.6) is 0 Å². The Balaban J connectivity index is 2.30. The van der Waals surface area contributed by atoms with Crippen molar-refractivity contribution in [3.8, 4) is 0 Å². The third-order valence-corrected chi connectivity index (χ3v) is 5.04. The second-order valence-electron chi connectivity index (χ2n) is 4.35. The van der Waals surface area contributed by atoms with E-state index in [2.05, 4.69) is 5.10 Å². The maximum absolute atomic E-state index is 12.4. The van der Waals surface area contributed by atoms with E-state index < -0.39 is 10.0 Å². The molecule has 0 spiro atoms. The van der Waals surface area contributed by atoms with Crippen molar-refractivity contribution in [3.63, 3.8) is 0 Å². The fourth-order valence-corrected chi connectivity index (χ4v) is 3.88. The molecule has 1 fully saturated rings. The molecule has 6 nitrogen and oxygen atoms in total. The number of aromatic nitrogens is 2. The van der Waals surface area contributed by atoms with E-state index in [-0.39, 0.29) is 10.9 Å². The number of piperidine rings is 1. The average molecular weight is 258 g/mol. The Morgan fingerprint density at radius 3 is 2.88 bits per heavy atom. The maximum Gasteiger partial charge on any atom is 0.246 e. The first-order valence-corrected chi connectivity index (χ1v) is 7.20. The lowest BCUT2D eigenvalue weighted by Gasteiger charge is -2.33. The molecule has 2 rings (SSSR count). The Hall–Kier alpha value is -0.920. The van der Waals surface area contributed by atoms with Crippen LogP contribution in [0, 0.1) is 0 Å². The molecule has 1 saturated heterocycles. The topological polar surface area (TPSA) is 81.2 Å². The first kappa shape index (κ1) is 12.5. The van der Waals surface area contributed by atoms with Gasteiger partial charge in [0.25, 0.3) is 0 Å². The highest BCUT2D eigenvalue weighted by Crippen LogP contribution is 2.24. The monoisotopic (exact) mass is 258 g/mol. The molecule has 1 aromatic rings. The van der Waals surface area contributed by atoms with Crippen LogP contribution in [0.2, 0.25) is 0 Å². The van der Waals surface area contributed by atoms with Gasteiger partial charge in [-0.2, -0.15) is 9.40 Å². The van der Waals surface area contributed by atoms with Crippen LogP contribution in [0.1, 0.15) is 19.3 Å². The lowest BCUT2D eigenvalue weighted by molar-refractivity contribution is 0.257. The highest BCUT2D eigenvalue weighted by Gasteiger charge is 2.33. The molecule has 0 aliphatic carbocycles. The minimum atomic E-state index is -3.43. The van der Waals surface area contributed by atoms with Gasteiger partial charge in [0.2, 0.25) is 10.0 Å². The molecule has 1 unspecified atom stereocenters. The van der Waals surface area contributed by atoms with Crippen LogP contribution in [-0.2, 0) is 17.1 Å². The summed E-state index contributed by atoms with van der Waals surface area (Å²) in [6, 6.07) is -0.0750. The van der Waals surface area contributed by atoms with Gasteiger partial charge in [-0.15, -0.1) is 0 Å². The van der Waals surface area contributed by atoms with Crippen LogP contribution < -0.4 is 5.73 Å². The molecule has 0 amide bonds. The summed E-state index contributed by atoms with van der Waals surface area (Å²) in [6.07, 6.45) is 5.70. The van der Waals surface area contributed by atoms with Crippen molar-refractivity contribution >= 4 is 10.0 Å². The zero-order valence-corrected chi connectivity index (χ0v) is 10.7. The average Bonchev–Trinajstić information content (AvgIpc) is 2.76. The number of rotatable bonds is 3. The maximum atomic E-state index is 12.4. The predicted molar refractivity (Wildman–Crippen MR) is 63.8 cm³/mol. The van der Waals surface area contributed by atoms with Crippen LogP contribution in [-0.4, -0.2) is 41.6 Å². The lowest BCUT2D eigenvalue weighted by atomic mass is 10.1. The SMILES string of the molecule is Cn1cc(S(=O)(=O)N2CCCCC2CN)cn1. The van der Waals surface area contributed by atoms with Crippen molar-refractivity contribution in [3.05, 3.63) is 12.4 Å². The van der Waals surface area contributed by atoms with Gasteiger partial charge in [0.05, 0.1) is 6.20 Å². The second kappa shape index (κ2) is 4.75. The lowest BCUT2D eigenvalue weighted by Crippen LogP contribution is -2.47. The molecule has 7 heteroatoms. The van der Waals surface area contributed by atoms with E-state index in [1.165, 1.54) is 21.4 Å². The minimum absolute atomic E-state index is 0.0750.